The number of hydrogen-bond donors (Lipinski definition) is 2. The molecule has 2 N–H and O–H groups in total. The van der Waals surface area contributed by atoms with E-state index in [0.717, 1.165) is 0 Å². The molecule has 2 atom stereocenters. The van der Waals surface area contributed by atoms with Crippen molar-refractivity contribution in [3.63, 3.8) is 0 Å². The molecule has 1 amide bonds. The van der Waals surface area contributed by atoms with Gasteiger partial charge in [-0.05, 0) is 6.42 Å². The topological polar surface area (TPSA) is 58.6 Å². The van der Waals surface area contributed by atoms with Crippen molar-refractivity contribution in [1.82, 2.24) is 5.32 Å². The van der Waals surface area contributed by atoms with E-state index in [0.29, 0.717) is 13.0 Å². The van der Waals surface area contributed by atoms with E-state index in [9.17, 15) is 4.79 Å². The van der Waals surface area contributed by atoms with Crippen molar-refractivity contribution in [3.8, 4) is 0 Å². The largest absolute Gasteiger partial charge is 0.394 e. The zero-order valence-electron chi connectivity index (χ0n) is 6.54. The van der Waals surface area contributed by atoms with E-state index in [1.807, 2.05) is 0 Å². The van der Waals surface area contributed by atoms with Gasteiger partial charge < -0.3 is 15.2 Å². The van der Waals surface area contributed by atoms with Crippen LogP contribution in [0.25, 0.3) is 0 Å². The minimum atomic E-state index is -0.0721. The van der Waals surface area contributed by atoms with Crippen LogP contribution in [0.2, 0.25) is 0 Å². The number of ether oxygens (including phenoxy) is 1. The summed E-state index contributed by atoms with van der Waals surface area (Å²) in [6.07, 6.45) is 0.684. The first-order valence-electron chi connectivity index (χ1n) is 3.68. The van der Waals surface area contributed by atoms with Crippen molar-refractivity contribution < 1.29 is 14.6 Å². The molecular weight excluding hydrogens is 146 g/mol. The van der Waals surface area contributed by atoms with Gasteiger partial charge in [0.05, 0.1) is 25.2 Å². The number of aliphatic hydroxyl groups is 1. The maximum absolute atomic E-state index is 11.0. The zero-order valence-corrected chi connectivity index (χ0v) is 6.54. The second-order valence-electron chi connectivity index (χ2n) is 2.78. The second-order valence-corrected chi connectivity index (χ2v) is 2.78. The van der Waals surface area contributed by atoms with Crippen LogP contribution in [0.1, 0.15) is 6.42 Å². The first-order chi connectivity index (χ1) is 5.27. The second kappa shape index (κ2) is 3.69. The molecule has 0 aromatic rings. The third-order valence-corrected chi connectivity index (χ3v) is 1.87. The van der Waals surface area contributed by atoms with Gasteiger partial charge in [0.25, 0.3) is 0 Å². The van der Waals surface area contributed by atoms with Crippen LogP contribution in [0.5, 0.6) is 0 Å². The van der Waals surface area contributed by atoms with Gasteiger partial charge in [0.15, 0.2) is 0 Å². The smallest absolute Gasteiger partial charge is 0.225 e. The zero-order chi connectivity index (χ0) is 8.27. The number of carbonyl (C=O) groups is 1. The number of hydrogen-bond acceptors (Lipinski definition) is 3. The molecule has 0 bridgehead atoms. The molecule has 0 radical (unpaired) electrons. The van der Waals surface area contributed by atoms with E-state index < -0.39 is 0 Å². The number of carbonyl (C=O) groups excluding carboxylic acids is 1. The normalized spacial score (nSPS) is 30.5. The predicted octanol–water partition coefficient (Wildman–Crippen LogP) is -0.870. The predicted molar refractivity (Wildman–Crippen MR) is 39.0 cm³/mol. The Kier molecular flexibility index (Phi) is 2.84. The lowest BCUT2D eigenvalue weighted by Gasteiger charge is -2.03. The number of rotatable bonds is 3. The molecule has 0 aromatic heterocycles. The minimum absolute atomic E-state index is 0.00843. The Morgan fingerprint density at radius 2 is 2.55 bits per heavy atom. The molecule has 4 nitrogen and oxygen atoms in total. The number of aliphatic hydroxyl groups excluding tert-OH is 1. The van der Waals surface area contributed by atoms with Gasteiger partial charge in [0.1, 0.15) is 0 Å². The van der Waals surface area contributed by atoms with Crippen molar-refractivity contribution >= 4 is 5.91 Å². The van der Waals surface area contributed by atoms with E-state index in [1.54, 1.807) is 7.11 Å². The third-order valence-electron chi connectivity index (χ3n) is 1.87. The van der Waals surface area contributed by atoms with Crippen LogP contribution in [0.3, 0.4) is 0 Å². The fourth-order valence-electron chi connectivity index (χ4n) is 1.29. The third kappa shape index (κ3) is 1.91. The van der Waals surface area contributed by atoms with Gasteiger partial charge in [0, 0.05) is 7.11 Å². The quantitative estimate of drug-likeness (QED) is 0.562. The van der Waals surface area contributed by atoms with Crippen molar-refractivity contribution in [1.29, 1.82) is 0 Å². The van der Waals surface area contributed by atoms with Crippen molar-refractivity contribution in [3.05, 3.63) is 0 Å². The number of amides is 1. The molecule has 1 rings (SSSR count). The molecule has 1 aliphatic rings. The van der Waals surface area contributed by atoms with Crippen LogP contribution in [-0.4, -0.2) is 37.4 Å². The fraction of sp³-hybridized carbons (Fsp3) is 0.857. The van der Waals surface area contributed by atoms with Gasteiger partial charge in [-0.15, -0.1) is 0 Å². The summed E-state index contributed by atoms with van der Waals surface area (Å²) in [6.45, 7) is 0.467. The van der Waals surface area contributed by atoms with Crippen LogP contribution >= 0.6 is 0 Å². The van der Waals surface area contributed by atoms with Crippen molar-refractivity contribution in [2.45, 2.75) is 12.5 Å². The number of methoxy groups -OCH3 is 1. The maximum Gasteiger partial charge on any atom is 0.225 e. The summed E-state index contributed by atoms with van der Waals surface area (Å²) in [6, 6.07) is -0.0670. The van der Waals surface area contributed by atoms with Gasteiger partial charge in [-0.3, -0.25) is 4.79 Å². The Bertz CT molecular complexity index is 149. The van der Waals surface area contributed by atoms with Gasteiger partial charge >= 0.3 is 0 Å². The summed E-state index contributed by atoms with van der Waals surface area (Å²) in [5, 5.41) is 11.4. The molecule has 0 saturated carbocycles. The monoisotopic (exact) mass is 159 g/mol. The highest BCUT2D eigenvalue weighted by Crippen LogP contribution is 2.14. The molecule has 0 aliphatic carbocycles. The average Bonchev–Trinajstić information content (AvgIpc) is 2.33. The van der Waals surface area contributed by atoms with Gasteiger partial charge in [-0.2, -0.15) is 0 Å². The lowest BCUT2D eigenvalue weighted by atomic mass is 10.1. The van der Waals surface area contributed by atoms with Crippen LogP contribution < -0.4 is 5.32 Å². The Hall–Kier alpha value is -0.610. The molecule has 1 saturated heterocycles. The average molecular weight is 159 g/mol. The van der Waals surface area contributed by atoms with Crippen LogP contribution in [0.15, 0.2) is 0 Å². The van der Waals surface area contributed by atoms with Crippen molar-refractivity contribution in [2.24, 2.45) is 5.92 Å². The molecule has 0 unspecified atom stereocenters. The first-order valence-corrected chi connectivity index (χ1v) is 3.68. The highest BCUT2D eigenvalue weighted by Gasteiger charge is 2.30. The minimum Gasteiger partial charge on any atom is -0.394 e. The molecule has 0 spiro atoms. The molecular formula is C7H13NO3. The molecule has 11 heavy (non-hydrogen) atoms. The summed E-state index contributed by atoms with van der Waals surface area (Å²) >= 11 is 0. The lowest BCUT2D eigenvalue weighted by molar-refractivity contribution is -0.123. The Morgan fingerprint density at radius 1 is 1.82 bits per heavy atom. The Balaban J connectivity index is 2.38. The molecule has 1 fully saturated rings. The van der Waals surface area contributed by atoms with Crippen LogP contribution in [-0.2, 0) is 9.53 Å². The van der Waals surface area contributed by atoms with E-state index in [2.05, 4.69) is 5.32 Å². The summed E-state index contributed by atoms with van der Waals surface area (Å²) in [4.78, 5) is 11.0. The van der Waals surface area contributed by atoms with E-state index in [4.69, 9.17) is 9.84 Å². The summed E-state index contributed by atoms with van der Waals surface area (Å²) in [7, 11) is 1.57. The Labute approximate surface area is 65.5 Å². The lowest BCUT2D eigenvalue weighted by Crippen LogP contribution is -2.29. The maximum atomic E-state index is 11.0. The summed E-state index contributed by atoms with van der Waals surface area (Å²) in [5.41, 5.74) is 0. The van der Waals surface area contributed by atoms with E-state index in [-0.39, 0.29) is 24.5 Å². The molecule has 0 aromatic carbocycles. The van der Waals surface area contributed by atoms with Gasteiger partial charge in [0.2, 0.25) is 5.91 Å². The van der Waals surface area contributed by atoms with E-state index in [1.165, 1.54) is 0 Å². The molecule has 1 aliphatic heterocycles. The molecule has 4 heteroatoms. The standard InChI is InChI=1S/C7H13NO3/c1-11-4-5-2-6(3-9)8-7(5)10/h5-6,9H,2-4H2,1H3,(H,8,10)/t5-,6-/m0/s1. The Morgan fingerprint density at radius 3 is 3.00 bits per heavy atom. The van der Waals surface area contributed by atoms with Crippen molar-refractivity contribution in [2.75, 3.05) is 20.3 Å². The summed E-state index contributed by atoms with van der Waals surface area (Å²) in [5.74, 6) is -0.0805. The van der Waals surface area contributed by atoms with Gasteiger partial charge in [-0.1, -0.05) is 0 Å². The highest BCUT2D eigenvalue weighted by molar-refractivity contribution is 5.81. The molecule has 1 heterocycles. The number of nitrogens with one attached hydrogen (secondary N) is 1. The fourth-order valence-corrected chi connectivity index (χ4v) is 1.29. The summed E-state index contributed by atoms with van der Waals surface area (Å²) < 4.78 is 4.85. The SMILES string of the molecule is COC[C@@H]1C[C@@H](CO)NC1=O. The highest BCUT2D eigenvalue weighted by atomic mass is 16.5. The molecule has 64 valence electrons. The van der Waals surface area contributed by atoms with E-state index >= 15 is 0 Å². The van der Waals surface area contributed by atoms with Gasteiger partial charge in [-0.25, -0.2) is 0 Å². The first kappa shape index (κ1) is 8.49. The van der Waals surface area contributed by atoms with Crippen LogP contribution in [0, 0.1) is 5.92 Å². The van der Waals surface area contributed by atoms with Crippen LogP contribution in [0.4, 0.5) is 0 Å².